The number of carbonyl (C=O) groups is 2. The zero-order valence-electron chi connectivity index (χ0n) is 22.2. The van der Waals surface area contributed by atoms with E-state index in [4.69, 9.17) is 10.7 Å². The maximum Gasteiger partial charge on any atom is 0.416 e. The Hall–Kier alpha value is -4.48. The standard InChI is InChI=1S/C29H28F3N7O2/c1-16-2-3-20(15-39(16)28(41)19-8-9-19)26-37-23(24-25(33)35-12-13-38(24)26)17-4-6-18(7-5-17)27(40)36-22-14-21(10-11-34-22)29(30,31)32/h4-7,10-14,16,19-20H,2-3,8-9,15H2,1H3,(H2,33,35)(H,34,36,40)/t16?,20-/m1/s1. The number of piperidine rings is 1. The lowest BCUT2D eigenvalue weighted by atomic mass is 9.92. The molecule has 9 nitrogen and oxygen atoms in total. The van der Waals surface area contributed by atoms with Crippen molar-refractivity contribution in [1.29, 1.82) is 0 Å². The monoisotopic (exact) mass is 563 g/mol. The van der Waals surface area contributed by atoms with E-state index < -0.39 is 17.6 Å². The van der Waals surface area contributed by atoms with Gasteiger partial charge in [-0.3, -0.25) is 14.0 Å². The first kappa shape index (κ1) is 26.7. The van der Waals surface area contributed by atoms with Crippen LogP contribution in [0.5, 0.6) is 0 Å². The van der Waals surface area contributed by atoms with Gasteiger partial charge in [0.2, 0.25) is 5.91 Å². The van der Waals surface area contributed by atoms with Gasteiger partial charge in [0.05, 0.1) is 5.56 Å². The smallest absolute Gasteiger partial charge is 0.382 e. The number of anilines is 2. The van der Waals surface area contributed by atoms with Crippen LogP contribution >= 0.6 is 0 Å². The Morgan fingerprint density at radius 2 is 1.78 bits per heavy atom. The third-order valence-corrected chi connectivity index (χ3v) is 7.82. The lowest BCUT2D eigenvalue weighted by Crippen LogP contribution is -2.45. The number of hydrogen-bond acceptors (Lipinski definition) is 6. The van der Waals surface area contributed by atoms with Gasteiger partial charge in [-0.15, -0.1) is 0 Å². The zero-order chi connectivity index (χ0) is 28.9. The quantitative estimate of drug-likeness (QED) is 0.347. The van der Waals surface area contributed by atoms with Crippen LogP contribution in [0.1, 0.15) is 60.3 Å². The molecule has 3 N–H and O–H groups in total. The van der Waals surface area contributed by atoms with E-state index in [0.29, 0.717) is 29.1 Å². The number of halogens is 3. The van der Waals surface area contributed by atoms with Crippen molar-refractivity contribution >= 4 is 29.0 Å². The molecule has 1 saturated carbocycles. The molecule has 2 atom stereocenters. The number of rotatable bonds is 5. The highest BCUT2D eigenvalue weighted by Crippen LogP contribution is 2.38. The van der Waals surface area contributed by atoms with Gasteiger partial charge in [0.1, 0.15) is 28.7 Å². The molecule has 1 aromatic carbocycles. The Balaban J connectivity index is 1.27. The number of aromatic nitrogens is 4. The number of pyridine rings is 1. The van der Waals surface area contributed by atoms with E-state index in [0.717, 1.165) is 49.8 Å². The van der Waals surface area contributed by atoms with Gasteiger partial charge in [-0.1, -0.05) is 12.1 Å². The van der Waals surface area contributed by atoms with Crippen LogP contribution in [0.3, 0.4) is 0 Å². The second kappa shape index (κ2) is 10.2. The molecule has 2 aliphatic rings. The molecule has 212 valence electrons. The second-order valence-electron chi connectivity index (χ2n) is 10.7. The summed E-state index contributed by atoms with van der Waals surface area (Å²) in [5.74, 6) is 0.672. The largest absolute Gasteiger partial charge is 0.416 e. The number of benzene rings is 1. The molecule has 1 aliphatic heterocycles. The highest BCUT2D eigenvalue weighted by molar-refractivity contribution is 6.04. The average molecular weight is 564 g/mol. The Morgan fingerprint density at radius 1 is 1.02 bits per heavy atom. The molecule has 3 aromatic heterocycles. The van der Waals surface area contributed by atoms with Crippen LogP contribution in [0, 0.1) is 5.92 Å². The molecule has 1 unspecified atom stereocenters. The Bertz CT molecular complexity index is 1630. The molecule has 41 heavy (non-hydrogen) atoms. The summed E-state index contributed by atoms with van der Waals surface area (Å²) in [5, 5.41) is 2.41. The Kier molecular flexibility index (Phi) is 6.63. The third kappa shape index (κ3) is 5.21. The molecule has 6 rings (SSSR count). The van der Waals surface area contributed by atoms with Crippen LogP contribution in [0.4, 0.5) is 24.8 Å². The van der Waals surface area contributed by atoms with E-state index in [1.165, 1.54) is 0 Å². The van der Waals surface area contributed by atoms with Crippen molar-refractivity contribution in [1.82, 2.24) is 24.3 Å². The maximum absolute atomic E-state index is 13.0. The third-order valence-electron chi connectivity index (χ3n) is 7.82. The second-order valence-corrected chi connectivity index (χ2v) is 10.7. The summed E-state index contributed by atoms with van der Waals surface area (Å²) in [7, 11) is 0. The fourth-order valence-corrected chi connectivity index (χ4v) is 5.41. The summed E-state index contributed by atoms with van der Waals surface area (Å²) in [6.45, 7) is 2.67. The SMILES string of the molecule is CC1CC[C@@H](c2nc(-c3ccc(C(=O)Nc4cc(C(F)(F)F)ccn4)cc3)c3c(N)nccn23)CN1C(=O)C1CC1. The van der Waals surface area contributed by atoms with Gasteiger partial charge in [-0.2, -0.15) is 13.2 Å². The van der Waals surface area contributed by atoms with Crippen LogP contribution in [-0.4, -0.2) is 48.7 Å². The first-order valence-corrected chi connectivity index (χ1v) is 13.5. The van der Waals surface area contributed by atoms with E-state index in [-0.39, 0.29) is 35.2 Å². The van der Waals surface area contributed by atoms with Gasteiger partial charge in [-0.25, -0.2) is 15.0 Å². The number of nitrogen functional groups attached to an aromatic ring is 1. The molecule has 0 radical (unpaired) electrons. The van der Waals surface area contributed by atoms with Crippen molar-refractivity contribution in [2.75, 3.05) is 17.6 Å². The normalized spacial score (nSPS) is 19.4. The molecular formula is C29H28F3N7O2. The highest BCUT2D eigenvalue weighted by atomic mass is 19.4. The van der Waals surface area contributed by atoms with Crippen molar-refractivity contribution < 1.29 is 22.8 Å². The average Bonchev–Trinajstić information content (AvgIpc) is 3.73. The first-order chi connectivity index (χ1) is 19.6. The molecule has 1 aliphatic carbocycles. The van der Waals surface area contributed by atoms with Crippen LogP contribution in [0.25, 0.3) is 16.8 Å². The lowest BCUT2D eigenvalue weighted by Gasteiger charge is -2.37. The number of likely N-dealkylation sites (tertiary alicyclic amines) is 1. The summed E-state index contributed by atoms with van der Waals surface area (Å²) in [4.78, 5) is 40.7. The molecule has 0 bridgehead atoms. The first-order valence-electron chi connectivity index (χ1n) is 13.5. The summed E-state index contributed by atoms with van der Waals surface area (Å²) in [6, 6.07) is 8.35. The number of carbonyl (C=O) groups excluding carboxylic acids is 2. The minimum Gasteiger partial charge on any atom is -0.382 e. The number of nitrogens with zero attached hydrogens (tertiary/aromatic N) is 5. The minimum absolute atomic E-state index is 0.0157. The number of nitrogens with one attached hydrogen (secondary N) is 1. The number of nitrogens with two attached hydrogens (primary N) is 1. The van der Waals surface area contributed by atoms with E-state index in [9.17, 15) is 22.8 Å². The van der Waals surface area contributed by atoms with Gasteiger partial charge in [-0.05, 0) is 56.9 Å². The van der Waals surface area contributed by atoms with E-state index in [2.05, 4.69) is 22.2 Å². The van der Waals surface area contributed by atoms with Gasteiger partial charge < -0.3 is 16.0 Å². The molecular weight excluding hydrogens is 535 g/mol. The topological polar surface area (TPSA) is 119 Å². The van der Waals surface area contributed by atoms with E-state index in [1.54, 1.807) is 30.5 Å². The van der Waals surface area contributed by atoms with E-state index >= 15 is 0 Å². The van der Waals surface area contributed by atoms with Crippen LogP contribution in [0.15, 0.2) is 55.0 Å². The van der Waals surface area contributed by atoms with Gasteiger partial charge in [0.15, 0.2) is 0 Å². The molecule has 2 fully saturated rings. The fraction of sp³-hybridized carbons (Fsp3) is 0.345. The predicted octanol–water partition coefficient (Wildman–Crippen LogP) is 5.15. The maximum atomic E-state index is 13.0. The van der Waals surface area contributed by atoms with Gasteiger partial charge in [0, 0.05) is 54.1 Å². The number of fused-ring (bicyclic) bond motifs is 1. The number of imidazole rings is 1. The number of hydrogen-bond donors (Lipinski definition) is 2. The van der Waals surface area contributed by atoms with Gasteiger partial charge >= 0.3 is 6.18 Å². The Labute approximate surface area is 233 Å². The molecule has 0 spiro atoms. The summed E-state index contributed by atoms with van der Waals surface area (Å²) < 4.78 is 41.0. The Morgan fingerprint density at radius 3 is 2.49 bits per heavy atom. The predicted molar refractivity (Wildman–Crippen MR) is 146 cm³/mol. The minimum atomic E-state index is -4.55. The van der Waals surface area contributed by atoms with Crippen molar-refractivity contribution in [2.24, 2.45) is 5.92 Å². The summed E-state index contributed by atoms with van der Waals surface area (Å²) in [6.07, 6.45) is 3.53. The zero-order valence-corrected chi connectivity index (χ0v) is 22.2. The van der Waals surface area contributed by atoms with Crippen LogP contribution in [-0.2, 0) is 11.0 Å². The van der Waals surface area contributed by atoms with Crippen molar-refractivity contribution in [3.8, 4) is 11.3 Å². The highest BCUT2D eigenvalue weighted by Gasteiger charge is 2.39. The van der Waals surface area contributed by atoms with Crippen LogP contribution in [0.2, 0.25) is 0 Å². The summed E-state index contributed by atoms with van der Waals surface area (Å²) in [5.41, 5.74) is 7.55. The van der Waals surface area contributed by atoms with E-state index in [1.807, 2.05) is 15.5 Å². The van der Waals surface area contributed by atoms with Crippen molar-refractivity contribution in [3.05, 3.63) is 71.9 Å². The number of alkyl halides is 3. The molecule has 4 aromatic rings. The summed E-state index contributed by atoms with van der Waals surface area (Å²) >= 11 is 0. The molecule has 1 saturated heterocycles. The van der Waals surface area contributed by atoms with Gasteiger partial charge in [0.25, 0.3) is 5.91 Å². The lowest BCUT2D eigenvalue weighted by molar-refractivity contribution is -0.138. The fourth-order valence-electron chi connectivity index (χ4n) is 5.41. The molecule has 12 heteroatoms. The van der Waals surface area contributed by atoms with Crippen molar-refractivity contribution in [2.45, 2.75) is 50.7 Å². The van der Waals surface area contributed by atoms with Crippen molar-refractivity contribution in [3.63, 3.8) is 0 Å². The van der Waals surface area contributed by atoms with Crippen LogP contribution < -0.4 is 11.1 Å². The number of amides is 2. The molecule has 4 heterocycles. The molecule has 2 amide bonds.